The van der Waals surface area contributed by atoms with Crippen LogP contribution in [0.2, 0.25) is 0 Å². The molecule has 0 aliphatic heterocycles. The summed E-state index contributed by atoms with van der Waals surface area (Å²) >= 11 is 0. The summed E-state index contributed by atoms with van der Waals surface area (Å²) in [5.41, 5.74) is 3.95. The molecule has 0 saturated heterocycles. The first kappa shape index (κ1) is 26.8. The molecule has 0 aliphatic rings. The Morgan fingerprint density at radius 2 is 1.00 bits per heavy atom. The van der Waals surface area contributed by atoms with E-state index in [0.29, 0.717) is 22.3 Å². The van der Waals surface area contributed by atoms with Gasteiger partial charge in [-0.15, -0.1) is 0 Å². The molecule has 8 heteroatoms. The van der Waals surface area contributed by atoms with Crippen molar-refractivity contribution in [2.24, 2.45) is 0 Å². The molecule has 4 aromatic carbocycles. The summed E-state index contributed by atoms with van der Waals surface area (Å²) in [6, 6.07) is 23.2. The number of hydrogen-bond donors (Lipinski definition) is 4. The van der Waals surface area contributed by atoms with Crippen LogP contribution in [0.25, 0.3) is 0 Å². The highest BCUT2D eigenvalue weighted by atomic mass is 16.4. The maximum Gasteiger partial charge on any atom is 0.337 e. The molecule has 196 valence electrons. The topological polar surface area (TPSA) is 133 Å². The number of carboxylic acids is 2. The average molecular weight is 523 g/mol. The van der Waals surface area contributed by atoms with Gasteiger partial charge in [-0.2, -0.15) is 0 Å². The first-order chi connectivity index (χ1) is 18.6. The van der Waals surface area contributed by atoms with Gasteiger partial charge in [0.05, 0.1) is 22.5 Å². The second kappa shape index (κ2) is 11.4. The van der Waals surface area contributed by atoms with Gasteiger partial charge in [0.25, 0.3) is 11.8 Å². The zero-order chi connectivity index (χ0) is 28.1. The van der Waals surface area contributed by atoms with Crippen LogP contribution in [0.15, 0.2) is 84.9 Å². The van der Waals surface area contributed by atoms with Crippen LogP contribution in [-0.4, -0.2) is 34.0 Å². The maximum absolute atomic E-state index is 12.6. The molecule has 4 rings (SSSR count). The van der Waals surface area contributed by atoms with Crippen LogP contribution < -0.4 is 10.6 Å². The third-order valence-electron chi connectivity index (χ3n) is 6.09. The predicted octanol–water partition coefficient (Wildman–Crippen LogP) is 5.80. The lowest BCUT2D eigenvalue weighted by atomic mass is 9.99. The van der Waals surface area contributed by atoms with Crippen LogP contribution in [0, 0.1) is 13.8 Å². The molecule has 4 aromatic rings. The van der Waals surface area contributed by atoms with E-state index in [1.165, 1.54) is 24.3 Å². The number of carbonyl (C=O) groups is 4. The number of aromatic carboxylic acids is 2. The monoisotopic (exact) mass is 522 g/mol. The van der Waals surface area contributed by atoms with E-state index in [-0.39, 0.29) is 28.9 Å². The Bertz CT molecular complexity index is 1490. The Labute approximate surface area is 224 Å². The third-order valence-corrected chi connectivity index (χ3v) is 6.09. The SMILES string of the molecule is Cc1cccc(C(=O)Nc2ccc(Cc3ccc(NC(=O)c4cccc(C)c4)c(C(=O)O)c3)cc2C(=O)O)c1. The number of carbonyl (C=O) groups excluding carboxylic acids is 2. The van der Waals surface area contributed by atoms with Crippen LogP contribution in [0.1, 0.15) is 63.7 Å². The van der Waals surface area contributed by atoms with Gasteiger partial charge in [0, 0.05) is 11.1 Å². The van der Waals surface area contributed by atoms with Gasteiger partial charge in [-0.1, -0.05) is 47.5 Å². The molecule has 0 atom stereocenters. The van der Waals surface area contributed by atoms with Crippen LogP contribution >= 0.6 is 0 Å². The number of carboxylic acid groups (broad SMARTS) is 2. The Hall–Kier alpha value is -5.24. The van der Waals surface area contributed by atoms with Crippen molar-refractivity contribution < 1.29 is 29.4 Å². The Morgan fingerprint density at radius 1 is 0.590 bits per heavy atom. The van der Waals surface area contributed by atoms with Crippen molar-refractivity contribution in [1.29, 1.82) is 0 Å². The molecule has 0 fully saturated rings. The fraction of sp³-hybridized carbons (Fsp3) is 0.0968. The van der Waals surface area contributed by atoms with Crippen molar-refractivity contribution in [2.75, 3.05) is 10.6 Å². The largest absolute Gasteiger partial charge is 0.478 e. The number of aryl methyl sites for hydroxylation is 2. The first-order valence-corrected chi connectivity index (χ1v) is 12.1. The number of anilines is 2. The van der Waals surface area contributed by atoms with E-state index >= 15 is 0 Å². The van der Waals surface area contributed by atoms with Gasteiger partial charge in [0.2, 0.25) is 0 Å². The summed E-state index contributed by atoms with van der Waals surface area (Å²) in [6.45, 7) is 3.71. The molecule has 0 radical (unpaired) electrons. The molecule has 0 aliphatic carbocycles. The van der Waals surface area contributed by atoms with E-state index in [2.05, 4.69) is 10.6 Å². The average Bonchev–Trinajstić information content (AvgIpc) is 2.90. The number of benzene rings is 4. The lowest BCUT2D eigenvalue weighted by Gasteiger charge is -2.13. The molecule has 0 spiro atoms. The van der Waals surface area contributed by atoms with E-state index in [1.54, 1.807) is 48.5 Å². The highest BCUT2D eigenvalue weighted by molar-refractivity contribution is 6.08. The number of rotatable bonds is 8. The highest BCUT2D eigenvalue weighted by Gasteiger charge is 2.17. The quantitative estimate of drug-likeness (QED) is 0.231. The molecular weight excluding hydrogens is 496 g/mol. The van der Waals surface area contributed by atoms with Crippen LogP contribution in [-0.2, 0) is 6.42 Å². The summed E-state index contributed by atoms with van der Waals surface area (Å²) < 4.78 is 0. The number of amides is 2. The summed E-state index contributed by atoms with van der Waals surface area (Å²) in [7, 11) is 0. The van der Waals surface area contributed by atoms with E-state index < -0.39 is 23.8 Å². The normalized spacial score (nSPS) is 10.5. The van der Waals surface area contributed by atoms with Crippen LogP contribution in [0.5, 0.6) is 0 Å². The third kappa shape index (κ3) is 6.56. The van der Waals surface area contributed by atoms with E-state index in [4.69, 9.17) is 0 Å². The molecule has 2 amide bonds. The summed E-state index contributed by atoms with van der Waals surface area (Å²) in [4.78, 5) is 49.2. The molecule has 0 unspecified atom stereocenters. The second-order valence-corrected chi connectivity index (χ2v) is 9.19. The fourth-order valence-electron chi connectivity index (χ4n) is 4.17. The smallest absolute Gasteiger partial charge is 0.337 e. The van der Waals surface area contributed by atoms with Crippen molar-refractivity contribution >= 4 is 35.1 Å². The van der Waals surface area contributed by atoms with Crippen LogP contribution in [0.3, 0.4) is 0 Å². The van der Waals surface area contributed by atoms with Gasteiger partial charge in [-0.05, 0) is 79.9 Å². The fourth-order valence-corrected chi connectivity index (χ4v) is 4.17. The van der Waals surface area contributed by atoms with Gasteiger partial charge < -0.3 is 20.8 Å². The minimum absolute atomic E-state index is 0.0889. The van der Waals surface area contributed by atoms with Gasteiger partial charge in [0.15, 0.2) is 0 Å². The van der Waals surface area contributed by atoms with Gasteiger partial charge in [-0.25, -0.2) is 9.59 Å². The lowest BCUT2D eigenvalue weighted by Crippen LogP contribution is -2.15. The standard InChI is InChI=1S/C31H26N2O6/c1-18-5-3-7-22(13-18)28(34)32-26-11-9-20(16-24(26)30(36)37)15-21-10-12-27(25(17-21)31(38)39)33-29(35)23-8-4-6-19(2)14-23/h3-14,16-17H,15H2,1-2H3,(H,32,34)(H,33,35)(H,36,37)(H,38,39). The maximum atomic E-state index is 12.6. The minimum Gasteiger partial charge on any atom is -0.478 e. The van der Waals surface area contributed by atoms with Gasteiger partial charge >= 0.3 is 11.9 Å². The molecule has 8 nitrogen and oxygen atoms in total. The molecule has 4 N–H and O–H groups in total. The van der Waals surface area contributed by atoms with E-state index in [1.807, 2.05) is 26.0 Å². The molecule has 0 heterocycles. The van der Waals surface area contributed by atoms with Crippen molar-refractivity contribution in [3.63, 3.8) is 0 Å². The van der Waals surface area contributed by atoms with E-state index in [9.17, 15) is 29.4 Å². The zero-order valence-corrected chi connectivity index (χ0v) is 21.3. The van der Waals surface area contributed by atoms with Crippen molar-refractivity contribution in [2.45, 2.75) is 20.3 Å². The Kier molecular flexibility index (Phi) is 7.86. The summed E-state index contributed by atoms with van der Waals surface area (Å²) in [5, 5.41) is 24.8. The van der Waals surface area contributed by atoms with Gasteiger partial charge in [0.1, 0.15) is 0 Å². The number of hydrogen-bond acceptors (Lipinski definition) is 4. The van der Waals surface area contributed by atoms with Crippen molar-refractivity contribution in [3.05, 3.63) is 129 Å². The molecule has 0 bridgehead atoms. The molecule has 0 aromatic heterocycles. The Morgan fingerprint density at radius 3 is 1.36 bits per heavy atom. The second-order valence-electron chi connectivity index (χ2n) is 9.19. The zero-order valence-electron chi connectivity index (χ0n) is 21.3. The summed E-state index contributed by atoms with van der Waals surface area (Å²) in [6.07, 6.45) is 0.235. The predicted molar refractivity (Wildman–Crippen MR) is 148 cm³/mol. The number of nitrogens with one attached hydrogen (secondary N) is 2. The molecule has 39 heavy (non-hydrogen) atoms. The molecule has 0 saturated carbocycles. The van der Waals surface area contributed by atoms with Crippen molar-refractivity contribution in [3.8, 4) is 0 Å². The van der Waals surface area contributed by atoms with Crippen molar-refractivity contribution in [1.82, 2.24) is 0 Å². The van der Waals surface area contributed by atoms with Gasteiger partial charge in [-0.3, -0.25) is 9.59 Å². The van der Waals surface area contributed by atoms with E-state index in [0.717, 1.165) is 11.1 Å². The summed E-state index contributed by atoms with van der Waals surface area (Å²) in [5.74, 6) is -3.28. The minimum atomic E-state index is -1.21. The lowest BCUT2D eigenvalue weighted by molar-refractivity contribution is 0.0687. The molecular formula is C31H26N2O6. The highest BCUT2D eigenvalue weighted by Crippen LogP contribution is 2.24. The van der Waals surface area contributed by atoms with Crippen LogP contribution in [0.4, 0.5) is 11.4 Å². The first-order valence-electron chi connectivity index (χ1n) is 12.1. The Balaban J connectivity index is 1.55.